The van der Waals surface area contributed by atoms with E-state index in [-0.39, 0.29) is 12.7 Å². The van der Waals surface area contributed by atoms with Crippen LogP contribution in [-0.4, -0.2) is 24.2 Å². The van der Waals surface area contributed by atoms with E-state index in [2.05, 4.69) is 11.6 Å². The van der Waals surface area contributed by atoms with Crippen LogP contribution in [0.4, 0.5) is 5.13 Å². The summed E-state index contributed by atoms with van der Waals surface area (Å²) in [7, 11) is 0. The second kappa shape index (κ2) is 7.01. The molecule has 0 fully saturated rings. The molecule has 0 spiro atoms. The van der Waals surface area contributed by atoms with E-state index >= 15 is 0 Å². The van der Waals surface area contributed by atoms with E-state index < -0.39 is 0 Å². The lowest BCUT2D eigenvalue weighted by atomic mass is 10.1. The number of hydrogen-bond donors (Lipinski definition) is 0. The summed E-state index contributed by atoms with van der Waals surface area (Å²) in [6, 6.07) is 15.2. The van der Waals surface area contributed by atoms with Crippen LogP contribution < -0.4 is 14.4 Å². The van der Waals surface area contributed by atoms with Crippen molar-refractivity contribution in [1.82, 2.24) is 4.98 Å². The average Bonchev–Trinajstić information content (AvgIpc) is 3.35. The molecule has 0 aliphatic carbocycles. The van der Waals surface area contributed by atoms with E-state index in [1.54, 1.807) is 29.2 Å². The lowest BCUT2D eigenvalue weighted by Crippen LogP contribution is -2.31. The molecule has 1 aliphatic heterocycles. The first-order chi connectivity index (χ1) is 12.8. The van der Waals surface area contributed by atoms with Gasteiger partial charge in [0.2, 0.25) is 6.79 Å². The normalized spacial score (nSPS) is 12.0. The van der Waals surface area contributed by atoms with Crippen LogP contribution in [0, 0.1) is 0 Å². The minimum atomic E-state index is -0.193. The highest BCUT2D eigenvalue weighted by molar-refractivity contribution is 7.14. The van der Waals surface area contributed by atoms with Crippen molar-refractivity contribution in [2.24, 2.45) is 0 Å². The summed E-state index contributed by atoms with van der Waals surface area (Å²) in [6.45, 7) is 4.24. The van der Waals surface area contributed by atoms with Crippen molar-refractivity contribution in [2.45, 2.75) is 0 Å². The zero-order valence-corrected chi connectivity index (χ0v) is 14.7. The fourth-order valence-corrected chi connectivity index (χ4v) is 3.59. The number of nitrogens with zero attached hydrogens (tertiary/aromatic N) is 2. The molecule has 0 N–H and O–H groups in total. The summed E-state index contributed by atoms with van der Waals surface area (Å²) in [5.41, 5.74) is 2.31. The van der Waals surface area contributed by atoms with Crippen LogP contribution >= 0.6 is 11.3 Å². The quantitative estimate of drug-likeness (QED) is 0.631. The topological polar surface area (TPSA) is 51.7 Å². The van der Waals surface area contributed by atoms with E-state index in [1.807, 2.05) is 35.7 Å². The maximum absolute atomic E-state index is 13.1. The van der Waals surface area contributed by atoms with Crippen molar-refractivity contribution in [3.63, 3.8) is 0 Å². The van der Waals surface area contributed by atoms with Crippen molar-refractivity contribution in [3.8, 4) is 22.8 Å². The molecular formula is C20H16N2O3S. The number of thiazole rings is 1. The van der Waals surface area contributed by atoms with Crippen LogP contribution in [0.25, 0.3) is 11.3 Å². The fraction of sp³-hybridized carbons (Fsp3) is 0.100. The highest BCUT2D eigenvalue weighted by atomic mass is 32.1. The highest BCUT2D eigenvalue weighted by Gasteiger charge is 2.27. The van der Waals surface area contributed by atoms with Gasteiger partial charge in [-0.15, -0.1) is 17.9 Å². The number of benzene rings is 2. The number of anilines is 1. The smallest absolute Gasteiger partial charge is 0.264 e. The Balaban J connectivity index is 1.69. The molecular weight excluding hydrogens is 348 g/mol. The Hall–Kier alpha value is -3.12. The third kappa shape index (κ3) is 2.95. The van der Waals surface area contributed by atoms with Gasteiger partial charge in [-0.1, -0.05) is 42.5 Å². The zero-order chi connectivity index (χ0) is 17.9. The van der Waals surface area contributed by atoms with Gasteiger partial charge in [-0.05, 0) is 12.1 Å². The van der Waals surface area contributed by atoms with E-state index in [1.165, 1.54) is 11.3 Å². The zero-order valence-electron chi connectivity index (χ0n) is 13.9. The van der Waals surface area contributed by atoms with Crippen LogP contribution in [0.2, 0.25) is 0 Å². The van der Waals surface area contributed by atoms with E-state index in [4.69, 9.17) is 9.47 Å². The summed E-state index contributed by atoms with van der Waals surface area (Å²) < 4.78 is 10.8. The second-order valence-corrected chi connectivity index (χ2v) is 6.46. The summed E-state index contributed by atoms with van der Waals surface area (Å²) in [5.74, 6) is 0.867. The Bertz CT molecular complexity index is 953. The molecule has 6 heteroatoms. The molecule has 2 heterocycles. The Morgan fingerprint density at radius 3 is 2.85 bits per heavy atom. The standard InChI is InChI=1S/C20H16N2O3S/c1-2-11-22(19(23)15-9-6-10-17-18(15)25-13-24-17)20-21-16(12-26-20)14-7-4-3-5-8-14/h2-10,12H,1,11,13H2. The van der Waals surface area contributed by atoms with Gasteiger partial charge >= 0.3 is 0 Å². The van der Waals surface area contributed by atoms with Gasteiger partial charge in [0, 0.05) is 17.5 Å². The van der Waals surface area contributed by atoms with Crippen molar-refractivity contribution < 1.29 is 14.3 Å². The van der Waals surface area contributed by atoms with Gasteiger partial charge in [0.1, 0.15) is 0 Å². The predicted octanol–water partition coefficient (Wildman–Crippen LogP) is 4.37. The summed E-state index contributed by atoms with van der Waals surface area (Å²) in [5, 5.41) is 2.56. The molecule has 1 amide bonds. The second-order valence-electron chi connectivity index (χ2n) is 5.63. The molecule has 5 nitrogen and oxygen atoms in total. The number of carbonyl (C=O) groups is 1. The molecule has 1 aliphatic rings. The first-order valence-corrected chi connectivity index (χ1v) is 8.98. The van der Waals surface area contributed by atoms with Gasteiger partial charge in [-0.3, -0.25) is 9.69 Å². The lowest BCUT2D eigenvalue weighted by Gasteiger charge is -2.18. The first kappa shape index (κ1) is 16.4. The lowest BCUT2D eigenvalue weighted by molar-refractivity contribution is 0.0985. The van der Waals surface area contributed by atoms with E-state index in [0.29, 0.717) is 28.7 Å². The molecule has 130 valence electrons. The average molecular weight is 364 g/mol. The van der Waals surface area contributed by atoms with Gasteiger partial charge in [0.25, 0.3) is 5.91 Å². The third-order valence-electron chi connectivity index (χ3n) is 3.98. The number of ether oxygens (including phenoxy) is 2. The largest absolute Gasteiger partial charge is 0.454 e. The highest BCUT2D eigenvalue weighted by Crippen LogP contribution is 2.37. The number of hydrogen-bond acceptors (Lipinski definition) is 5. The molecule has 2 aromatic carbocycles. The van der Waals surface area contributed by atoms with Crippen LogP contribution in [0.3, 0.4) is 0 Å². The number of carbonyl (C=O) groups excluding carboxylic acids is 1. The monoisotopic (exact) mass is 364 g/mol. The van der Waals surface area contributed by atoms with Crippen LogP contribution in [-0.2, 0) is 0 Å². The molecule has 0 atom stereocenters. The van der Waals surface area contributed by atoms with Crippen molar-refractivity contribution >= 4 is 22.4 Å². The summed E-state index contributed by atoms with van der Waals surface area (Å²) >= 11 is 1.42. The Kier molecular flexibility index (Phi) is 4.41. The number of para-hydroxylation sites is 1. The van der Waals surface area contributed by atoms with Crippen LogP contribution in [0.15, 0.2) is 66.6 Å². The minimum Gasteiger partial charge on any atom is -0.454 e. The van der Waals surface area contributed by atoms with Crippen molar-refractivity contribution in [3.05, 3.63) is 72.1 Å². The fourth-order valence-electron chi connectivity index (χ4n) is 2.75. The molecule has 0 unspecified atom stereocenters. The third-order valence-corrected chi connectivity index (χ3v) is 4.84. The van der Waals surface area contributed by atoms with Gasteiger partial charge < -0.3 is 9.47 Å². The molecule has 26 heavy (non-hydrogen) atoms. The number of fused-ring (bicyclic) bond motifs is 1. The van der Waals surface area contributed by atoms with Crippen LogP contribution in [0.5, 0.6) is 11.5 Å². The van der Waals surface area contributed by atoms with E-state index in [0.717, 1.165) is 11.3 Å². The van der Waals surface area contributed by atoms with Crippen LogP contribution in [0.1, 0.15) is 10.4 Å². The minimum absolute atomic E-state index is 0.122. The first-order valence-electron chi connectivity index (χ1n) is 8.10. The van der Waals surface area contributed by atoms with Crippen molar-refractivity contribution in [1.29, 1.82) is 0 Å². The number of amides is 1. The number of rotatable bonds is 5. The maximum atomic E-state index is 13.1. The predicted molar refractivity (Wildman–Crippen MR) is 102 cm³/mol. The summed E-state index contributed by atoms with van der Waals surface area (Å²) in [4.78, 5) is 19.4. The molecule has 1 aromatic heterocycles. The van der Waals surface area contributed by atoms with Gasteiger partial charge in [-0.2, -0.15) is 0 Å². The van der Waals surface area contributed by atoms with Crippen molar-refractivity contribution in [2.75, 3.05) is 18.2 Å². The summed E-state index contributed by atoms with van der Waals surface area (Å²) in [6.07, 6.45) is 1.68. The van der Waals surface area contributed by atoms with Gasteiger partial charge in [0.15, 0.2) is 16.6 Å². The van der Waals surface area contributed by atoms with E-state index in [9.17, 15) is 4.79 Å². The van der Waals surface area contributed by atoms with Gasteiger partial charge in [-0.25, -0.2) is 4.98 Å². The number of aromatic nitrogens is 1. The Morgan fingerprint density at radius 1 is 1.19 bits per heavy atom. The molecule has 0 radical (unpaired) electrons. The van der Waals surface area contributed by atoms with Gasteiger partial charge in [0.05, 0.1) is 11.3 Å². The molecule has 4 rings (SSSR count). The Labute approximate surface area is 155 Å². The molecule has 3 aromatic rings. The molecule has 0 saturated heterocycles. The molecule has 0 bridgehead atoms. The Morgan fingerprint density at radius 2 is 2.04 bits per heavy atom. The maximum Gasteiger partial charge on any atom is 0.264 e. The SMILES string of the molecule is C=CCN(C(=O)c1cccc2c1OCO2)c1nc(-c2ccccc2)cs1. The molecule has 0 saturated carbocycles.